The molecule has 2 aliphatic rings. The lowest BCUT2D eigenvalue weighted by Crippen LogP contribution is -2.53. The van der Waals surface area contributed by atoms with Crippen molar-refractivity contribution >= 4 is 11.8 Å². The molecule has 2 amide bonds. The molecule has 3 rings (SSSR count). The largest absolute Gasteiger partial charge is 0.491 e. The molecule has 1 fully saturated rings. The molecule has 0 saturated carbocycles. The van der Waals surface area contributed by atoms with Gasteiger partial charge < -0.3 is 14.4 Å². The molecule has 25 heavy (non-hydrogen) atoms. The molecule has 1 aromatic rings. The number of ether oxygens (including phenoxy) is 2. The molecule has 0 spiro atoms. The average Bonchev–Trinajstić information content (AvgIpc) is 2.79. The summed E-state index contributed by atoms with van der Waals surface area (Å²) in [5.41, 5.74) is 1.96. The summed E-state index contributed by atoms with van der Waals surface area (Å²) in [5.74, 6) is -0.0639. The van der Waals surface area contributed by atoms with E-state index in [0.29, 0.717) is 31.1 Å². The van der Waals surface area contributed by atoms with Gasteiger partial charge in [-0.1, -0.05) is 6.07 Å². The average molecular weight is 348 g/mol. The van der Waals surface area contributed by atoms with Crippen molar-refractivity contribution in [3.63, 3.8) is 0 Å². The predicted octanol–water partition coefficient (Wildman–Crippen LogP) is 1.87. The molecule has 136 valence electrons. The number of amides is 2. The maximum Gasteiger partial charge on any atom is 0.274 e. The fourth-order valence-electron chi connectivity index (χ4n) is 3.34. The van der Waals surface area contributed by atoms with Crippen LogP contribution in [0.2, 0.25) is 0 Å². The zero-order valence-corrected chi connectivity index (χ0v) is 14.6. The smallest absolute Gasteiger partial charge is 0.274 e. The highest BCUT2D eigenvalue weighted by Crippen LogP contribution is 2.31. The van der Waals surface area contributed by atoms with Gasteiger partial charge in [-0.15, -0.1) is 0 Å². The van der Waals surface area contributed by atoms with E-state index in [1.807, 2.05) is 13.8 Å². The van der Waals surface area contributed by atoms with E-state index < -0.39 is 11.5 Å². The lowest BCUT2D eigenvalue weighted by molar-refractivity contribution is -0.165. The Balaban J connectivity index is 1.85. The number of nitrogens with zero attached hydrogens (tertiary/aromatic N) is 1. The standard InChI is InChI=1S/C18H24N2O5/c1-12-11-24-15-9-13(16(21)19-23)5-6-14(15)10-20(12)17(22)18(2)7-3-4-8-25-18/h5-6,9,12,23H,3-4,7-8,10-11H2,1-2H3,(H,19,21)/t12-,18?/m0/s1. The Labute approximate surface area is 146 Å². The van der Waals surface area contributed by atoms with Crippen LogP contribution < -0.4 is 10.2 Å². The van der Waals surface area contributed by atoms with Crippen LogP contribution in [0.15, 0.2) is 18.2 Å². The first kappa shape index (κ1) is 17.7. The molecule has 1 aromatic carbocycles. The summed E-state index contributed by atoms with van der Waals surface area (Å²) in [6.07, 6.45) is 2.69. The summed E-state index contributed by atoms with van der Waals surface area (Å²) in [6, 6.07) is 4.82. The number of nitrogens with one attached hydrogen (secondary N) is 1. The topological polar surface area (TPSA) is 88.1 Å². The summed E-state index contributed by atoms with van der Waals surface area (Å²) in [6.45, 7) is 5.14. The summed E-state index contributed by atoms with van der Waals surface area (Å²) in [5, 5.41) is 8.77. The zero-order chi connectivity index (χ0) is 18.0. The van der Waals surface area contributed by atoms with Crippen molar-refractivity contribution in [2.75, 3.05) is 13.2 Å². The van der Waals surface area contributed by atoms with Crippen LogP contribution in [0.1, 0.15) is 49.0 Å². The lowest BCUT2D eigenvalue weighted by atomic mass is 9.93. The van der Waals surface area contributed by atoms with E-state index >= 15 is 0 Å². The highest BCUT2D eigenvalue weighted by molar-refractivity contribution is 5.94. The molecule has 0 aromatic heterocycles. The molecule has 2 N–H and O–H groups in total. The van der Waals surface area contributed by atoms with Crippen LogP contribution in [-0.4, -0.2) is 46.8 Å². The first-order chi connectivity index (χ1) is 11.9. The van der Waals surface area contributed by atoms with Gasteiger partial charge in [-0.05, 0) is 45.2 Å². The second-order valence-corrected chi connectivity index (χ2v) is 6.89. The van der Waals surface area contributed by atoms with E-state index in [2.05, 4.69) is 0 Å². The first-order valence-corrected chi connectivity index (χ1v) is 8.60. The Morgan fingerprint density at radius 3 is 2.84 bits per heavy atom. The van der Waals surface area contributed by atoms with E-state index in [0.717, 1.165) is 24.8 Å². The highest BCUT2D eigenvalue weighted by Gasteiger charge is 2.41. The second-order valence-electron chi connectivity index (χ2n) is 6.89. The summed E-state index contributed by atoms with van der Waals surface area (Å²) < 4.78 is 11.6. The number of benzene rings is 1. The Morgan fingerprint density at radius 1 is 1.36 bits per heavy atom. The molecule has 0 radical (unpaired) electrons. The summed E-state index contributed by atoms with van der Waals surface area (Å²) in [4.78, 5) is 26.5. The van der Waals surface area contributed by atoms with Crippen molar-refractivity contribution in [3.05, 3.63) is 29.3 Å². The van der Waals surface area contributed by atoms with E-state index in [9.17, 15) is 9.59 Å². The maximum atomic E-state index is 13.1. The number of carbonyl (C=O) groups is 2. The van der Waals surface area contributed by atoms with Crippen molar-refractivity contribution in [1.29, 1.82) is 0 Å². The first-order valence-electron chi connectivity index (χ1n) is 8.60. The Hall–Kier alpha value is -2.12. The van der Waals surface area contributed by atoms with Gasteiger partial charge in [0.25, 0.3) is 11.8 Å². The molecule has 1 saturated heterocycles. The minimum atomic E-state index is -0.784. The maximum absolute atomic E-state index is 13.1. The van der Waals surface area contributed by atoms with Gasteiger partial charge >= 0.3 is 0 Å². The van der Waals surface area contributed by atoms with Gasteiger partial charge in [0.2, 0.25) is 0 Å². The van der Waals surface area contributed by atoms with Crippen molar-refractivity contribution in [3.8, 4) is 5.75 Å². The third-order valence-electron chi connectivity index (χ3n) is 4.97. The normalized spacial score (nSPS) is 26.2. The van der Waals surface area contributed by atoms with Crippen LogP contribution >= 0.6 is 0 Å². The molecule has 2 aliphatic heterocycles. The Morgan fingerprint density at radius 2 is 2.16 bits per heavy atom. The minimum Gasteiger partial charge on any atom is -0.491 e. The van der Waals surface area contributed by atoms with Crippen LogP contribution in [-0.2, 0) is 16.1 Å². The van der Waals surface area contributed by atoms with Gasteiger partial charge in [-0.3, -0.25) is 14.8 Å². The lowest BCUT2D eigenvalue weighted by Gasteiger charge is -2.38. The number of hydrogen-bond acceptors (Lipinski definition) is 5. The number of rotatable bonds is 2. The van der Waals surface area contributed by atoms with Crippen LogP contribution in [0.4, 0.5) is 0 Å². The minimum absolute atomic E-state index is 0.0201. The molecule has 7 nitrogen and oxygen atoms in total. The van der Waals surface area contributed by atoms with Gasteiger partial charge in [-0.25, -0.2) is 5.48 Å². The number of fused-ring (bicyclic) bond motifs is 1. The molecule has 0 aliphatic carbocycles. The summed E-state index contributed by atoms with van der Waals surface area (Å²) >= 11 is 0. The van der Waals surface area contributed by atoms with Gasteiger partial charge in [-0.2, -0.15) is 0 Å². The van der Waals surface area contributed by atoms with Crippen LogP contribution in [0.3, 0.4) is 0 Å². The fraction of sp³-hybridized carbons (Fsp3) is 0.556. The zero-order valence-electron chi connectivity index (χ0n) is 14.6. The van der Waals surface area contributed by atoms with Gasteiger partial charge in [0, 0.05) is 24.3 Å². The van der Waals surface area contributed by atoms with E-state index in [1.165, 1.54) is 0 Å². The van der Waals surface area contributed by atoms with Crippen molar-refractivity contribution in [2.24, 2.45) is 0 Å². The van der Waals surface area contributed by atoms with Crippen molar-refractivity contribution in [2.45, 2.75) is 51.3 Å². The van der Waals surface area contributed by atoms with Crippen LogP contribution in [0, 0.1) is 0 Å². The quantitative estimate of drug-likeness (QED) is 0.629. The number of hydroxylamine groups is 1. The third kappa shape index (κ3) is 3.48. The molecular formula is C18H24N2O5. The van der Waals surface area contributed by atoms with Crippen molar-refractivity contribution in [1.82, 2.24) is 10.4 Å². The molecule has 7 heteroatoms. The molecule has 2 atom stereocenters. The van der Waals surface area contributed by atoms with E-state index in [1.54, 1.807) is 28.6 Å². The SMILES string of the molecule is C[C@H]1COc2cc(C(=O)NO)ccc2CN1C(=O)C1(C)CCCCO1. The Bertz CT molecular complexity index is 669. The third-order valence-corrected chi connectivity index (χ3v) is 4.97. The van der Waals surface area contributed by atoms with Crippen LogP contribution in [0.25, 0.3) is 0 Å². The second kappa shape index (κ2) is 7.01. The fourth-order valence-corrected chi connectivity index (χ4v) is 3.34. The predicted molar refractivity (Wildman–Crippen MR) is 89.4 cm³/mol. The van der Waals surface area contributed by atoms with Gasteiger partial charge in [0.1, 0.15) is 18.0 Å². The highest BCUT2D eigenvalue weighted by atomic mass is 16.5. The number of hydrogen-bond donors (Lipinski definition) is 2. The van der Waals surface area contributed by atoms with Gasteiger partial charge in [0.05, 0.1) is 6.04 Å². The monoisotopic (exact) mass is 348 g/mol. The molecular weight excluding hydrogens is 324 g/mol. The van der Waals surface area contributed by atoms with Crippen molar-refractivity contribution < 1.29 is 24.3 Å². The van der Waals surface area contributed by atoms with Crippen LogP contribution in [0.5, 0.6) is 5.75 Å². The van der Waals surface area contributed by atoms with Gasteiger partial charge in [0.15, 0.2) is 0 Å². The molecule has 2 heterocycles. The van der Waals surface area contributed by atoms with E-state index in [4.69, 9.17) is 14.7 Å². The number of carbonyl (C=O) groups excluding carboxylic acids is 2. The van der Waals surface area contributed by atoms with E-state index in [-0.39, 0.29) is 11.9 Å². The summed E-state index contributed by atoms with van der Waals surface area (Å²) in [7, 11) is 0. The Kier molecular flexibility index (Phi) is 4.96. The molecule has 0 bridgehead atoms. The molecule has 1 unspecified atom stereocenters.